The Labute approximate surface area is 145 Å². The molecule has 0 spiro atoms. The zero-order valence-electron chi connectivity index (χ0n) is 15.4. The standard InChI is InChI=1S/C17H34N4O3/c1-4-6-14(9-12-22)13-19-16(18-5-2)20-15-7-10-21(11-8-15)17(23)24-3/h14-15,22H,4-13H2,1-3H3,(H2,18,19,20). The molecule has 0 aromatic carbocycles. The summed E-state index contributed by atoms with van der Waals surface area (Å²) in [6, 6.07) is 0.311. The highest BCUT2D eigenvalue weighted by Gasteiger charge is 2.23. The molecule has 0 bridgehead atoms. The van der Waals surface area contributed by atoms with Crippen molar-refractivity contribution in [2.75, 3.05) is 39.9 Å². The van der Waals surface area contributed by atoms with Gasteiger partial charge >= 0.3 is 6.09 Å². The van der Waals surface area contributed by atoms with Gasteiger partial charge in [-0.05, 0) is 38.5 Å². The van der Waals surface area contributed by atoms with Crippen molar-refractivity contribution in [3.63, 3.8) is 0 Å². The largest absolute Gasteiger partial charge is 0.453 e. The van der Waals surface area contributed by atoms with E-state index < -0.39 is 0 Å². The number of amides is 1. The van der Waals surface area contributed by atoms with Crippen LogP contribution in [0.5, 0.6) is 0 Å². The third kappa shape index (κ3) is 7.38. The lowest BCUT2D eigenvalue weighted by atomic mass is 10.0. The van der Waals surface area contributed by atoms with E-state index in [0.717, 1.165) is 51.2 Å². The molecule has 1 atom stereocenters. The number of carbonyl (C=O) groups excluding carboxylic acids is 1. The Hall–Kier alpha value is -1.50. The van der Waals surface area contributed by atoms with Crippen LogP contribution in [0.3, 0.4) is 0 Å². The van der Waals surface area contributed by atoms with E-state index in [1.165, 1.54) is 7.11 Å². The minimum absolute atomic E-state index is 0.218. The highest BCUT2D eigenvalue weighted by molar-refractivity contribution is 5.80. The molecule has 140 valence electrons. The Morgan fingerprint density at radius 1 is 1.33 bits per heavy atom. The molecule has 1 amide bonds. The molecule has 1 aliphatic heterocycles. The van der Waals surface area contributed by atoms with Gasteiger partial charge in [-0.2, -0.15) is 0 Å². The van der Waals surface area contributed by atoms with E-state index in [-0.39, 0.29) is 12.7 Å². The van der Waals surface area contributed by atoms with Gasteiger partial charge in [0.05, 0.1) is 7.11 Å². The lowest BCUT2D eigenvalue weighted by Crippen LogP contribution is -2.49. The number of aliphatic hydroxyl groups is 1. The normalized spacial score (nSPS) is 17.5. The van der Waals surface area contributed by atoms with Crippen LogP contribution in [0.15, 0.2) is 4.99 Å². The number of guanidine groups is 1. The molecule has 0 aromatic rings. The molecule has 1 fully saturated rings. The fourth-order valence-corrected chi connectivity index (χ4v) is 2.99. The topological polar surface area (TPSA) is 86.2 Å². The van der Waals surface area contributed by atoms with Crippen molar-refractivity contribution in [2.45, 2.75) is 52.0 Å². The Balaban J connectivity index is 2.50. The maximum Gasteiger partial charge on any atom is 0.409 e. The highest BCUT2D eigenvalue weighted by atomic mass is 16.5. The number of hydrogen-bond donors (Lipinski definition) is 3. The summed E-state index contributed by atoms with van der Waals surface area (Å²) >= 11 is 0. The molecule has 1 aliphatic rings. The quantitative estimate of drug-likeness (QED) is 0.460. The Morgan fingerprint density at radius 2 is 2.04 bits per heavy atom. The molecule has 0 aromatic heterocycles. The van der Waals surface area contributed by atoms with Gasteiger partial charge < -0.3 is 25.4 Å². The van der Waals surface area contributed by atoms with Crippen molar-refractivity contribution in [2.24, 2.45) is 10.9 Å². The van der Waals surface area contributed by atoms with Gasteiger partial charge in [0.2, 0.25) is 0 Å². The van der Waals surface area contributed by atoms with Crippen LogP contribution in [0.1, 0.15) is 46.0 Å². The molecular weight excluding hydrogens is 308 g/mol. The Kier molecular flexibility index (Phi) is 10.2. The first-order valence-electron chi connectivity index (χ1n) is 9.13. The molecule has 24 heavy (non-hydrogen) atoms. The summed E-state index contributed by atoms with van der Waals surface area (Å²) in [5.41, 5.74) is 0. The highest BCUT2D eigenvalue weighted by Crippen LogP contribution is 2.13. The molecule has 0 saturated carbocycles. The number of hydrogen-bond acceptors (Lipinski definition) is 4. The number of methoxy groups -OCH3 is 1. The molecule has 0 radical (unpaired) electrons. The van der Waals surface area contributed by atoms with Crippen molar-refractivity contribution in [3.8, 4) is 0 Å². The molecule has 3 N–H and O–H groups in total. The van der Waals surface area contributed by atoms with Crippen LogP contribution >= 0.6 is 0 Å². The average molecular weight is 342 g/mol. The smallest absolute Gasteiger partial charge is 0.409 e. The monoisotopic (exact) mass is 342 g/mol. The minimum Gasteiger partial charge on any atom is -0.453 e. The molecule has 1 rings (SSSR count). The fraction of sp³-hybridized carbons (Fsp3) is 0.882. The lowest BCUT2D eigenvalue weighted by Gasteiger charge is -2.32. The first-order chi connectivity index (χ1) is 11.6. The fourth-order valence-electron chi connectivity index (χ4n) is 2.99. The van der Waals surface area contributed by atoms with Gasteiger partial charge in [-0.1, -0.05) is 13.3 Å². The van der Waals surface area contributed by atoms with Gasteiger partial charge in [0.15, 0.2) is 5.96 Å². The van der Waals surface area contributed by atoms with Gasteiger partial charge in [0.1, 0.15) is 0 Å². The first kappa shape index (κ1) is 20.5. The van der Waals surface area contributed by atoms with E-state index in [0.29, 0.717) is 25.0 Å². The van der Waals surface area contributed by atoms with Gasteiger partial charge in [-0.25, -0.2) is 4.79 Å². The SMILES string of the molecule is CCCC(CCO)CN=C(NCC)NC1CCN(C(=O)OC)CC1. The number of rotatable bonds is 8. The summed E-state index contributed by atoms with van der Waals surface area (Å²) in [5.74, 6) is 1.25. The van der Waals surface area contributed by atoms with Gasteiger partial charge in [0, 0.05) is 38.8 Å². The summed E-state index contributed by atoms with van der Waals surface area (Å²) in [4.78, 5) is 18.0. The molecule has 1 heterocycles. The summed E-state index contributed by atoms with van der Waals surface area (Å²) in [7, 11) is 1.42. The second kappa shape index (κ2) is 11.9. The molecule has 0 aliphatic carbocycles. The number of piperidine rings is 1. The third-order valence-electron chi connectivity index (χ3n) is 4.35. The zero-order valence-corrected chi connectivity index (χ0v) is 15.4. The number of aliphatic hydroxyl groups excluding tert-OH is 1. The number of likely N-dealkylation sites (tertiary alicyclic amines) is 1. The van der Waals surface area contributed by atoms with Crippen molar-refractivity contribution < 1.29 is 14.6 Å². The summed E-state index contributed by atoms with van der Waals surface area (Å²) in [5, 5.41) is 15.9. The van der Waals surface area contributed by atoms with Crippen LogP contribution in [0.25, 0.3) is 0 Å². The molecule has 1 unspecified atom stereocenters. The number of nitrogens with zero attached hydrogens (tertiary/aromatic N) is 2. The predicted octanol–water partition coefficient (Wildman–Crippen LogP) is 1.57. The molecule has 7 heteroatoms. The van der Waals surface area contributed by atoms with Crippen LogP contribution in [0.2, 0.25) is 0 Å². The Bertz CT molecular complexity index is 376. The van der Waals surface area contributed by atoms with Crippen LogP contribution in [0, 0.1) is 5.92 Å². The number of ether oxygens (including phenoxy) is 1. The van der Waals surface area contributed by atoms with E-state index in [1.54, 1.807) is 4.90 Å². The van der Waals surface area contributed by atoms with Gasteiger partial charge in [-0.3, -0.25) is 4.99 Å². The van der Waals surface area contributed by atoms with E-state index in [9.17, 15) is 4.79 Å². The van der Waals surface area contributed by atoms with Crippen molar-refractivity contribution in [1.82, 2.24) is 15.5 Å². The number of nitrogens with one attached hydrogen (secondary N) is 2. The summed E-state index contributed by atoms with van der Waals surface area (Å²) in [6.45, 7) is 7.37. The van der Waals surface area contributed by atoms with Gasteiger partial charge in [0.25, 0.3) is 0 Å². The Morgan fingerprint density at radius 3 is 2.58 bits per heavy atom. The minimum atomic E-state index is -0.250. The second-order valence-corrected chi connectivity index (χ2v) is 6.26. The van der Waals surface area contributed by atoms with Crippen LogP contribution in [0.4, 0.5) is 4.79 Å². The van der Waals surface area contributed by atoms with E-state index in [1.807, 2.05) is 6.92 Å². The first-order valence-corrected chi connectivity index (χ1v) is 9.13. The maximum atomic E-state index is 11.5. The van der Waals surface area contributed by atoms with Crippen molar-refractivity contribution in [1.29, 1.82) is 0 Å². The average Bonchev–Trinajstić information content (AvgIpc) is 2.60. The van der Waals surface area contributed by atoms with E-state index in [2.05, 4.69) is 17.6 Å². The van der Waals surface area contributed by atoms with Crippen LogP contribution < -0.4 is 10.6 Å². The summed E-state index contributed by atoms with van der Waals surface area (Å²) < 4.78 is 4.77. The number of carbonyl (C=O) groups is 1. The maximum absolute atomic E-state index is 11.5. The van der Waals surface area contributed by atoms with Gasteiger partial charge in [-0.15, -0.1) is 0 Å². The summed E-state index contributed by atoms with van der Waals surface area (Å²) in [6.07, 6.45) is 4.51. The van der Waals surface area contributed by atoms with Crippen molar-refractivity contribution in [3.05, 3.63) is 0 Å². The van der Waals surface area contributed by atoms with Crippen LogP contribution in [-0.4, -0.2) is 68.0 Å². The van der Waals surface area contributed by atoms with Crippen LogP contribution in [-0.2, 0) is 4.74 Å². The van der Waals surface area contributed by atoms with E-state index >= 15 is 0 Å². The zero-order chi connectivity index (χ0) is 17.8. The molecular formula is C17H34N4O3. The van der Waals surface area contributed by atoms with Crippen molar-refractivity contribution >= 4 is 12.1 Å². The molecule has 1 saturated heterocycles. The molecule has 7 nitrogen and oxygen atoms in total. The second-order valence-electron chi connectivity index (χ2n) is 6.26. The van der Waals surface area contributed by atoms with E-state index in [4.69, 9.17) is 14.8 Å². The lowest BCUT2D eigenvalue weighted by molar-refractivity contribution is 0.111. The third-order valence-corrected chi connectivity index (χ3v) is 4.35. The predicted molar refractivity (Wildman–Crippen MR) is 96.2 cm³/mol. The number of aliphatic imine (C=N–C) groups is 1.